The molecule has 298 valence electrons. The molecule has 0 saturated heterocycles. The number of aromatic nitrogens is 2. The number of nitrogens with zero attached hydrogens (tertiary/aromatic N) is 2. The summed E-state index contributed by atoms with van der Waals surface area (Å²) < 4.78 is 2.41. The first-order chi connectivity index (χ1) is 31.5. The van der Waals surface area contributed by atoms with Crippen molar-refractivity contribution in [3.8, 4) is 50.3 Å². The fourth-order valence-corrected chi connectivity index (χ4v) is 11.7. The predicted octanol–water partition coefficient (Wildman–Crippen LogP) is 16.7. The van der Waals surface area contributed by atoms with Crippen molar-refractivity contribution in [2.45, 2.75) is 19.3 Å². The fourth-order valence-electron chi connectivity index (χ4n) is 11.7. The molecule has 11 aromatic carbocycles. The lowest BCUT2D eigenvalue weighted by Crippen LogP contribution is -2.14. The lowest BCUT2D eigenvalue weighted by Gasteiger charge is -2.24. The molecule has 0 bridgehead atoms. The first kappa shape index (κ1) is 35.5. The average Bonchev–Trinajstić information content (AvgIpc) is 3.80. The van der Waals surface area contributed by atoms with Crippen LogP contribution in [-0.2, 0) is 5.41 Å². The van der Waals surface area contributed by atoms with Gasteiger partial charge < -0.3 is 4.57 Å². The molecule has 2 aromatic heterocycles. The number of fused-ring (bicyclic) bond motifs is 8. The van der Waals surface area contributed by atoms with Gasteiger partial charge in [-0.25, -0.2) is 0 Å². The maximum Gasteiger partial charge on any atom is 0.0708 e. The molecule has 2 heterocycles. The first-order valence-corrected chi connectivity index (χ1v) is 22.4. The van der Waals surface area contributed by atoms with E-state index in [0.29, 0.717) is 0 Å². The summed E-state index contributed by atoms with van der Waals surface area (Å²) in [5.74, 6) is 0. The Morgan fingerprint density at radius 1 is 0.375 bits per heavy atom. The van der Waals surface area contributed by atoms with Gasteiger partial charge in [-0.3, -0.25) is 4.98 Å². The highest BCUT2D eigenvalue weighted by molar-refractivity contribution is 6.31. The third kappa shape index (κ3) is 4.77. The molecule has 0 N–H and O–H groups in total. The molecule has 0 fully saturated rings. The Kier molecular flexibility index (Phi) is 7.21. The van der Waals surface area contributed by atoms with Crippen LogP contribution in [0.3, 0.4) is 0 Å². The minimum Gasteiger partial charge on any atom is -0.309 e. The molecule has 0 spiro atoms. The first-order valence-electron chi connectivity index (χ1n) is 22.4. The van der Waals surface area contributed by atoms with E-state index in [4.69, 9.17) is 4.98 Å². The van der Waals surface area contributed by atoms with Crippen LogP contribution < -0.4 is 0 Å². The Morgan fingerprint density at radius 3 is 1.62 bits per heavy atom. The van der Waals surface area contributed by atoms with Crippen LogP contribution in [0.15, 0.2) is 206 Å². The van der Waals surface area contributed by atoms with E-state index in [9.17, 15) is 0 Å². The smallest absolute Gasteiger partial charge is 0.0708 e. The van der Waals surface area contributed by atoms with Crippen molar-refractivity contribution in [1.82, 2.24) is 9.55 Å². The van der Waals surface area contributed by atoms with E-state index in [1.807, 2.05) is 12.3 Å². The highest BCUT2D eigenvalue weighted by atomic mass is 15.0. The largest absolute Gasteiger partial charge is 0.309 e. The number of rotatable bonds is 4. The van der Waals surface area contributed by atoms with Gasteiger partial charge in [0.1, 0.15) is 0 Å². The summed E-state index contributed by atoms with van der Waals surface area (Å²) in [4.78, 5) is 4.79. The van der Waals surface area contributed by atoms with Gasteiger partial charge in [-0.2, -0.15) is 0 Å². The highest BCUT2D eigenvalue weighted by Gasteiger charge is 2.36. The highest BCUT2D eigenvalue weighted by Crippen LogP contribution is 2.54. The molecule has 0 aliphatic heterocycles. The van der Waals surface area contributed by atoms with E-state index in [1.54, 1.807) is 0 Å². The average molecular weight is 813 g/mol. The number of benzene rings is 11. The molecule has 13 aromatic rings. The van der Waals surface area contributed by atoms with Crippen LogP contribution in [0.25, 0.3) is 126 Å². The molecule has 2 nitrogen and oxygen atoms in total. The van der Waals surface area contributed by atoms with Gasteiger partial charge in [-0.1, -0.05) is 166 Å². The maximum atomic E-state index is 4.79. The van der Waals surface area contributed by atoms with Crippen molar-refractivity contribution >= 4 is 75.7 Å². The normalized spacial score (nSPS) is 13.3. The van der Waals surface area contributed by atoms with Gasteiger partial charge in [-0.15, -0.1) is 0 Å². The number of hydrogen-bond acceptors (Lipinski definition) is 1. The van der Waals surface area contributed by atoms with E-state index >= 15 is 0 Å². The van der Waals surface area contributed by atoms with Crippen molar-refractivity contribution in [3.63, 3.8) is 0 Å². The van der Waals surface area contributed by atoms with Crippen LogP contribution in [0.4, 0.5) is 0 Å². The van der Waals surface area contributed by atoms with Crippen molar-refractivity contribution in [2.75, 3.05) is 0 Å². The van der Waals surface area contributed by atoms with Crippen molar-refractivity contribution in [3.05, 3.63) is 218 Å². The summed E-state index contributed by atoms with van der Waals surface area (Å²) in [5.41, 5.74) is 16.0. The second-order valence-corrected chi connectivity index (χ2v) is 18.2. The molecule has 0 unspecified atom stereocenters. The lowest BCUT2D eigenvalue weighted by molar-refractivity contribution is 0.661. The Labute approximate surface area is 370 Å². The Balaban J connectivity index is 1.07. The van der Waals surface area contributed by atoms with E-state index in [2.05, 4.69) is 213 Å². The van der Waals surface area contributed by atoms with Crippen molar-refractivity contribution < 1.29 is 0 Å². The molecular formula is C62H40N2. The van der Waals surface area contributed by atoms with Gasteiger partial charge in [-0.05, 0) is 147 Å². The summed E-state index contributed by atoms with van der Waals surface area (Å²) >= 11 is 0. The molecule has 2 heteroatoms. The van der Waals surface area contributed by atoms with Crippen LogP contribution in [0.1, 0.15) is 25.0 Å². The zero-order valence-corrected chi connectivity index (χ0v) is 35.5. The number of para-hydroxylation sites is 2. The third-order valence-corrected chi connectivity index (χ3v) is 14.6. The van der Waals surface area contributed by atoms with Gasteiger partial charge in [0.25, 0.3) is 0 Å². The molecule has 0 amide bonds. The molecular weight excluding hydrogens is 773 g/mol. The van der Waals surface area contributed by atoms with Gasteiger partial charge in [0.05, 0.1) is 16.7 Å². The second-order valence-electron chi connectivity index (χ2n) is 18.2. The minimum absolute atomic E-state index is 0.155. The Hall–Kier alpha value is -8.07. The summed E-state index contributed by atoms with van der Waals surface area (Å²) in [5, 5.41) is 15.2. The van der Waals surface area contributed by atoms with Gasteiger partial charge >= 0.3 is 0 Å². The zero-order chi connectivity index (χ0) is 42.3. The molecule has 1 aliphatic rings. The van der Waals surface area contributed by atoms with Crippen LogP contribution >= 0.6 is 0 Å². The van der Waals surface area contributed by atoms with Crippen LogP contribution in [0.2, 0.25) is 0 Å². The molecule has 0 radical (unpaired) electrons. The quantitative estimate of drug-likeness (QED) is 0.128. The van der Waals surface area contributed by atoms with Crippen LogP contribution in [-0.4, -0.2) is 9.55 Å². The van der Waals surface area contributed by atoms with Gasteiger partial charge in [0, 0.05) is 33.6 Å². The van der Waals surface area contributed by atoms with Gasteiger partial charge in [0.2, 0.25) is 0 Å². The predicted molar refractivity (Wildman–Crippen MR) is 271 cm³/mol. The monoisotopic (exact) mass is 812 g/mol. The van der Waals surface area contributed by atoms with E-state index in [0.717, 1.165) is 16.9 Å². The molecule has 14 rings (SSSR count). The molecule has 0 atom stereocenters. The fraction of sp³-hybridized carbons (Fsp3) is 0.0484. The standard InChI is InChI=1S/C62H40N2/c1-62(2)53-18-8-5-13-41(53)50-35-51-52(36-54(50)62)61(49-33-27-39-25-31-47-42(55-19-11-12-34-63-55)30-24-38-26-32-48(49)60(39)59(38)47)46-17-4-3-16-45(46)58(51)37-22-28-40(29-23-37)64-56-20-9-6-14-43(56)44-15-7-10-21-57(44)64/h3-36H,1-2H3. The maximum absolute atomic E-state index is 4.79. The third-order valence-electron chi connectivity index (χ3n) is 14.6. The summed E-state index contributed by atoms with van der Waals surface area (Å²) in [6.45, 7) is 4.79. The SMILES string of the molecule is CC1(C)c2ccccc2-c2cc3c(-c4ccc(-n5c6ccccc6c6ccccc65)cc4)c4ccccc4c(-c4ccc5ccc6c(-c7ccccn7)ccc7ccc4c5c76)c3cc21. The van der Waals surface area contributed by atoms with Crippen molar-refractivity contribution in [2.24, 2.45) is 0 Å². The molecule has 0 saturated carbocycles. The number of pyridine rings is 1. The van der Waals surface area contributed by atoms with Crippen LogP contribution in [0.5, 0.6) is 0 Å². The van der Waals surface area contributed by atoms with E-state index in [1.165, 1.54) is 120 Å². The lowest BCUT2D eigenvalue weighted by atomic mass is 9.79. The molecule has 1 aliphatic carbocycles. The summed E-state index contributed by atoms with van der Waals surface area (Å²) in [6.07, 6.45) is 1.89. The van der Waals surface area contributed by atoms with Crippen molar-refractivity contribution in [1.29, 1.82) is 0 Å². The Morgan fingerprint density at radius 2 is 0.938 bits per heavy atom. The number of hydrogen-bond donors (Lipinski definition) is 0. The van der Waals surface area contributed by atoms with Gasteiger partial charge in [0.15, 0.2) is 0 Å². The Bertz CT molecular complexity index is 4020. The zero-order valence-electron chi connectivity index (χ0n) is 35.5. The summed E-state index contributed by atoms with van der Waals surface area (Å²) in [6, 6.07) is 74.8. The second kappa shape index (κ2) is 13.0. The van der Waals surface area contributed by atoms with E-state index in [-0.39, 0.29) is 5.41 Å². The molecule has 64 heavy (non-hydrogen) atoms. The van der Waals surface area contributed by atoms with Crippen LogP contribution in [0, 0.1) is 0 Å². The summed E-state index contributed by atoms with van der Waals surface area (Å²) in [7, 11) is 0. The minimum atomic E-state index is -0.155. The van der Waals surface area contributed by atoms with E-state index < -0.39 is 0 Å². The topological polar surface area (TPSA) is 17.8 Å².